The van der Waals surface area contributed by atoms with E-state index in [9.17, 15) is 0 Å². The molecule has 0 unspecified atom stereocenters. The first-order valence-electron chi connectivity index (χ1n) is 7.31. The first-order valence-corrected chi connectivity index (χ1v) is 7.31. The third-order valence-electron chi connectivity index (χ3n) is 4.01. The van der Waals surface area contributed by atoms with Crippen LogP contribution in [0.3, 0.4) is 0 Å². The number of aromatic nitrogens is 4. The fraction of sp³-hybridized carbons (Fsp3) is 0.533. The average Bonchev–Trinajstić information content (AvgIpc) is 2.79. The minimum atomic E-state index is 0.697. The Morgan fingerprint density at radius 3 is 2.67 bits per heavy atom. The monoisotopic (exact) mass is 287 g/mol. The van der Waals surface area contributed by atoms with Crippen molar-refractivity contribution in [3.8, 4) is 17.3 Å². The molecule has 0 atom stereocenters. The zero-order valence-electron chi connectivity index (χ0n) is 13.0. The Bertz CT molecular complexity index is 660. The standard InChI is InChI=1S/C15H21N5O/c1-9-12(15(21-4)20(3)19-9)14-17-11-8-6-5-7-10(11)13(16-2)18-14/h5-8H2,1-4H3,(H,16,17,18). The van der Waals surface area contributed by atoms with E-state index in [2.05, 4.69) is 10.4 Å². The van der Waals surface area contributed by atoms with Crippen LogP contribution in [-0.4, -0.2) is 33.9 Å². The van der Waals surface area contributed by atoms with Crippen molar-refractivity contribution < 1.29 is 4.74 Å². The number of hydrogen-bond acceptors (Lipinski definition) is 5. The molecule has 0 fully saturated rings. The van der Waals surface area contributed by atoms with Crippen molar-refractivity contribution in [1.82, 2.24) is 19.7 Å². The summed E-state index contributed by atoms with van der Waals surface area (Å²) in [6, 6.07) is 0. The van der Waals surface area contributed by atoms with Crippen LogP contribution in [0.2, 0.25) is 0 Å². The van der Waals surface area contributed by atoms with Crippen LogP contribution < -0.4 is 10.1 Å². The van der Waals surface area contributed by atoms with E-state index in [-0.39, 0.29) is 0 Å². The van der Waals surface area contributed by atoms with Gasteiger partial charge in [-0.3, -0.25) is 0 Å². The number of hydrogen-bond donors (Lipinski definition) is 1. The highest BCUT2D eigenvalue weighted by molar-refractivity contribution is 5.67. The number of fused-ring (bicyclic) bond motifs is 1. The molecule has 0 amide bonds. The van der Waals surface area contributed by atoms with E-state index in [1.807, 2.05) is 21.0 Å². The molecule has 0 bridgehead atoms. The Balaban J connectivity index is 2.19. The van der Waals surface area contributed by atoms with Gasteiger partial charge in [0.05, 0.1) is 12.8 Å². The predicted molar refractivity (Wildman–Crippen MR) is 81.7 cm³/mol. The van der Waals surface area contributed by atoms with Crippen LogP contribution in [-0.2, 0) is 19.9 Å². The number of nitrogens with zero attached hydrogens (tertiary/aromatic N) is 4. The highest BCUT2D eigenvalue weighted by atomic mass is 16.5. The molecule has 1 aliphatic rings. The summed E-state index contributed by atoms with van der Waals surface area (Å²) in [6.07, 6.45) is 4.46. The van der Waals surface area contributed by atoms with Gasteiger partial charge in [0, 0.05) is 25.4 Å². The van der Waals surface area contributed by atoms with Crippen LogP contribution in [0.4, 0.5) is 5.82 Å². The van der Waals surface area contributed by atoms with E-state index in [1.165, 1.54) is 18.4 Å². The molecule has 0 saturated carbocycles. The molecule has 21 heavy (non-hydrogen) atoms. The lowest BCUT2D eigenvalue weighted by Gasteiger charge is -2.19. The second kappa shape index (κ2) is 5.35. The lowest BCUT2D eigenvalue weighted by Crippen LogP contribution is -2.12. The smallest absolute Gasteiger partial charge is 0.222 e. The number of aryl methyl sites for hydroxylation is 3. The topological polar surface area (TPSA) is 64.9 Å². The van der Waals surface area contributed by atoms with Gasteiger partial charge in [-0.1, -0.05) is 0 Å². The highest BCUT2D eigenvalue weighted by Crippen LogP contribution is 2.33. The van der Waals surface area contributed by atoms with Gasteiger partial charge in [-0.2, -0.15) is 5.10 Å². The molecule has 2 heterocycles. The van der Waals surface area contributed by atoms with Gasteiger partial charge in [0.2, 0.25) is 5.88 Å². The SMILES string of the molecule is CNc1nc(-c2c(C)nn(C)c2OC)nc2c1CCCC2. The summed E-state index contributed by atoms with van der Waals surface area (Å²) in [5, 5.41) is 7.63. The van der Waals surface area contributed by atoms with E-state index < -0.39 is 0 Å². The van der Waals surface area contributed by atoms with Gasteiger partial charge in [0.15, 0.2) is 5.82 Å². The van der Waals surface area contributed by atoms with E-state index in [4.69, 9.17) is 14.7 Å². The summed E-state index contributed by atoms with van der Waals surface area (Å²) in [5.41, 5.74) is 4.17. The first kappa shape index (κ1) is 13.9. The van der Waals surface area contributed by atoms with E-state index in [1.54, 1.807) is 11.8 Å². The molecule has 0 radical (unpaired) electrons. The minimum Gasteiger partial charge on any atom is -0.481 e. The first-order chi connectivity index (χ1) is 10.2. The van der Waals surface area contributed by atoms with Crippen LogP contribution in [0.25, 0.3) is 11.4 Å². The summed E-state index contributed by atoms with van der Waals surface area (Å²) >= 11 is 0. The summed E-state index contributed by atoms with van der Waals surface area (Å²) < 4.78 is 7.20. The van der Waals surface area contributed by atoms with Crippen LogP contribution in [0.5, 0.6) is 5.88 Å². The third kappa shape index (κ3) is 2.24. The Hall–Kier alpha value is -2.11. The van der Waals surface area contributed by atoms with E-state index in [0.717, 1.165) is 35.6 Å². The normalized spacial score (nSPS) is 13.9. The quantitative estimate of drug-likeness (QED) is 0.936. The van der Waals surface area contributed by atoms with Gasteiger partial charge in [-0.15, -0.1) is 0 Å². The van der Waals surface area contributed by atoms with Crippen molar-refractivity contribution in [3.63, 3.8) is 0 Å². The maximum Gasteiger partial charge on any atom is 0.222 e. The van der Waals surface area contributed by atoms with Crippen molar-refractivity contribution in [1.29, 1.82) is 0 Å². The number of ether oxygens (including phenoxy) is 1. The van der Waals surface area contributed by atoms with Crippen molar-refractivity contribution >= 4 is 5.82 Å². The zero-order valence-corrected chi connectivity index (χ0v) is 13.0. The largest absolute Gasteiger partial charge is 0.481 e. The summed E-state index contributed by atoms with van der Waals surface area (Å²) in [5.74, 6) is 2.33. The molecule has 1 aliphatic carbocycles. The van der Waals surface area contributed by atoms with Crippen LogP contribution in [0, 0.1) is 6.92 Å². The van der Waals surface area contributed by atoms with Crippen molar-refractivity contribution in [2.75, 3.05) is 19.5 Å². The lowest BCUT2D eigenvalue weighted by atomic mass is 9.96. The maximum atomic E-state index is 5.47. The fourth-order valence-electron chi connectivity index (χ4n) is 3.04. The maximum absolute atomic E-state index is 5.47. The van der Waals surface area contributed by atoms with Crippen molar-refractivity contribution in [2.45, 2.75) is 32.6 Å². The summed E-state index contributed by atoms with van der Waals surface area (Å²) in [6.45, 7) is 1.96. The molecule has 0 aliphatic heterocycles. The molecule has 3 rings (SSSR count). The molecule has 1 N–H and O–H groups in total. The Morgan fingerprint density at radius 1 is 1.19 bits per heavy atom. The van der Waals surface area contributed by atoms with Crippen LogP contribution >= 0.6 is 0 Å². The van der Waals surface area contributed by atoms with Gasteiger partial charge in [-0.05, 0) is 32.6 Å². The number of rotatable bonds is 3. The molecule has 0 spiro atoms. The third-order valence-corrected chi connectivity index (χ3v) is 4.01. The Morgan fingerprint density at radius 2 is 1.95 bits per heavy atom. The molecule has 6 heteroatoms. The molecule has 112 valence electrons. The van der Waals surface area contributed by atoms with Crippen molar-refractivity contribution in [3.05, 3.63) is 17.0 Å². The van der Waals surface area contributed by atoms with Gasteiger partial charge in [0.1, 0.15) is 11.4 Å². The summed E-state index contributed by atoms with van der Waals surface area (Å²) in [7, 11) is 5.43. The van der Waals surface area contributed by atoms with Crippen LogP contribution in [0.1, 0.15) is 29.8 Å². The number of anilines is 1. The average molecular weight is 287 g/mol. The molecule has 6 nitrogen and oxygen atoms in total. The van der Waals surface area contributed by atoms with Gasteiger partial charge in [-0.25, -0.2) is 14.6 Å². The van der Waals surface area contributed by atoms with Crippen molar-refractivity contribution in [2.24, 2.45) is 7.05 Å². The minimum absolute atomic E-state index is 0.697. The second-order valence-corrected chi connectivity index (χ2v) is 5.37. The van der Waals surface area contributed by atoms with Gasteiger partial charge >= 0.3 is 0 Å². The Labute approximate surface area is 124 Å². The highest BCUT2D eigenvalue weighted by Gasteiger charge is 2.23. The van der Waals surface area contributed by atoms with Gasteiger partial charge in [0.25, 0.3) is 0 Å². The zero-order chi connectivity index (χ0) is 15.0. The fourth-order valence-corrected chi connectivity index (χ4v) is 3.04. The molecule has 0 saturated heterocycles. The number of nitrogens with one attached hydrogen (secondary N) is 1. The van der Waals surface area contributed by atoms with E-state index >= 15 is 0 Å². The summed E-state index contributed by atoms with van der Waals surface area (Å²) in [4.78, 5) is 9.49. The molecular formula is C15H21N5O. The molecule has 2 aromatic rings. The van der Waals surface area contributed by atoms with Gasteiger partial charge < -0.3 is 10.1 Å². The van der Waals surface area contributed by atoms with Crippen LogP contribution in [0.15, 0.2) is 0 Å². The second-order valence-electron chi connectivity index (χ2n) is 5.37. The Kier molecular flexibility index (Phi) is 3.53. The number of methoxy groups -OCH3 is 1. The van der Waals surface area contributed by atoms with E-state index in [0.29, 0.717) is 11.7 Å². The lowest BCUT2D eigenvalue weighted by molar-refractivity contribution is 0.374. The molecular weight excluding hydrogens is 266 g/mol. The predicted octanol–water partition coefficient (Wildman–Crippen LogP) is 2.11. The molecule has 0 aromatic carbocycles. The molecule has 2 aromatic heterocycles.